The Morgan fingerprint density at radius 2 is 1.14 bits per heavy atom. The Bertz CT molecular complexity index is 560. The predicted octanol–water partition coefficient (Wildman–Crippen LogP) is 0.562. The number of anilines is 2. The van der Waals surface area contributed by atoms with Gasteiger partial charge in [0, 0.05) is 13.1 Å². The molecule has 0 saturated heterocycles. The molecule has 1 aromatic carbocycles. The van der Waals surface area contributed by atoms with E-state index in [2.05, 4.69) is 0 Å². The van der Waals surface area contributed by atoms with Crippen LogP contribution in [0.25, 0.3) is 0 Å². The summed E-state index contributed by atoms with van der Waals surface area (Å²) in [6.07, 6.45) is 0. The Labute approximate surface area is 126 Å². The highest BCUT2D eigenvalue weighted by Crippen LogP contribution is 2.29. The lowest BCUT2D eigenvalue weighted by Gasteiger charge is -2.27. The van der Waals surface area contributed by atoms with Crippen molar-refractivity contribution in [1.82, 2.24) is 0 Å². The first-order chi connectivity index (χ1) is 10.3. The number of carboxylic acids is 2. The SMILES string of the molecule is CCN(C(=O)C(=O)O)c1ccccc1N(CC)C(=O)C(=O)O. The second kappa shape index (κ2) is 7.21. The molecule has 2 N–H and O–H groups in total. The number of aliphatic carboxylic acids is 2. The third-order valence-electron chi connectivity index (χ3n) is 2.95. The summed E-state index contributed by atoms with van der Waals surface area (Å²) < 4.78 is 0. The molecule has 2 amide bonds. The fourth-order valence-corrected chi connectivity index (χ4v) is 2.00. The first-order valence-corrected chi connectivity index (χ1v) is 6.53. The maximum absolute atomic E-state index is 11.7. The second-order valence-electron chi connectivity index (χ2n) is 4.20. The first kappa shape index (κ1) is 17.2. The molecule has 0 aliphatic carbocycles. The molecular weight excluding hydrogens is 292 g/mol. The van der Waals surface area contributed by atoms with Crippen LogP contribution >= 0.6 is 0 Å². The number of carbonyl (C=O) groups excluding carboxylic acids is 2. The highest BCUT2D eigenvalue weighted by atomic mass is 16.4. The molecule has 1 aromatic rings. The summed E-state index contributed by atoms with van der Waals surface area (Å²) in [6, 6.07) is 6.04. The molecule has 8 heteroatoms. The molecule has 0 radical (unpaired) electrons. The van der Waals surface area contributed by atoms with E-state index in [4.69, 9.17) is 10.2 Å². The number of amides is 2. The Balaban J connectivity index is 3.39. The third-order valence-corrected chi connectivity index (χ3v) is 2.95. The molecule has 22 heavy (non-hydrogen) atoms. The van der Waals surface area contributed by atoms with Crippen LogP contribution in [-0.2, 0) is 19.2 Å². The van der Waals surface area contributed by atoms with Gasteiger partial charge in [0.15, 0.2) is 0 Å². The van der Waals surface area contributed by atoms with Crippen molar-refractivity contribution < 1.29 is 29.4 Å². The quantitative estimate of drug-likeness (QED) is 0.785. The minimum atomic E-state index is -1.63. The topological polar surface area (TPSA) is 115 Å². The van der Waals surface area contributed by atoms with Gasteiger partial charge in [0.1, 0.15) is 0 Å². The van der Waals surface area contributed by atoms with E-state index in [0.717, 1.165) is 9.80 Å². The van der Waals surface area contributed by atoms with Crippen LogP contribution in [0.3, 0.4) is 0 Å². The number of hydrogen-bond acceptors (Lipinski definition) is 4. The molecule has 0 saturated carbocycles. The molecule has 0 heterocycles. The van der Waals surface area contributed by atoms with Crippen LogP contribution in [0.2, 0.25) is 0 Å². The summed E-state index contributed by atoms with van der Waals surface area (Å²) in [5.74, 6) is -5.59. The van der Waals surface area contributed by atoms with Gasteiger partial charge in [-0.05, 0) is 26.0 Å². The highest BCUT2D eigenvalue weighted by Gasteiger charge is 2.28. The van der Waals surface area contributed by atoms with E-state index in [1.165, 1.54) is 12.1 Å². The number of carboxylic acid groups (broad SMARTS) is 2. The zero-order valence-corrected chi connectivity index (χ0v) is 12.1. The van der Waals surface area contributed by atoms with Gasteiger partial charge in [-0.15, -0.1) is 0 Å². The highest BCUT2D eigenvalue weighted by molar-refractivity contribution is 6.39. The first-order valence-electron chi connectivity index (χ1n) is 6.53. The summed E-state index contributed by atoms with van der Waals surface area (Å²) in [7, 11) is 0. The van der Waals surface area contributed by atoms with Crippen molar-refractivity contribution in [3.8, 4) is 0 Å². The van der Waals surface area contributed by atoms with E-state index >= 15 is 0 Å². The number of benzene rings is 1. The van der Waals surface area contributed by atoms with Gasteiger partial charge < -0.3 is 20.0 Å². The number of hydrogen-bond donors (Lipinski definition) is 2. The maximum Gasteiger partial charge on any atom is 0.394 e. The van der Waals surface area contributed by atoms with Crippen LogP contribution in [0.1, 0.15) is 13.8 Å². The molecule has 8 nitrogen and oxygen atoms in total. The van der Waals surface area contributed by atoms with Crippen molar-refractivity contribution in [2.45, 2.75) is 13.8 Å². The molecule has 1 rings (SSSR count). The third kappa shape index (κ3) is 3.40. The van der Waals surface area contributed by atoms with Crippen molar-refractivity contribution >= 4 is 35.1 Å². The van der Waals surface area contributed by atoms with E-state index in [0.29, 0.717) is 0 Å². The van der Waals surface area contributed by atoms with Crippen molar-refractivity contribution in [3.05, 3.63) is 24.3 Å². The summed E-state index contributed by atoms with van der Waals surface area (Å²) in [4.78, 5) is 47.2. The number of nitrogens with zero attached hydrogens (tertiary/aromatic N) is 2. The molecule has 118 valence electrons. The van der Waals surface area contributed by atoms with Crippen LogP contribution in [0, 0.1) is 0 Å². The lowest BCUT2D eigenvalue weighted by atomic mass is 10.2. The van der Waals surface area contributed by atoms with Crippen LogP contribution in [0.5, 0.6) is 0 Å². The maximum atomic E-state index is 11.7. The minimum absolute atomic E-state index is 0.0565. The zero-order chi connectivity index (χ0) is 16.9. The van der Waals surface area contributed by atoms with E-state index in [-0.39, 0.29) is 24.5 Å². The van der Waals surface area contributed by atoms with Gasteiger partial charge in [-0.3, -0.25) is 9.59 Å². The van der Waals surface area contributed by atoms with E-state index in [1.54, 1.807) is 26.0 Å². The van der Waals surface area contributed by atoms with Crippen molar-refractivity contribution in [2.75, 3.05) is 22.9 Å². The Hall–Kier alpha value is -2.90. The van der Waals surface area contributed by atoms with E-state index in [9.17, 15) is 19.2 Å². The molecule has 0 atom stereocenters. The van der Waals surface area contributed by atoms with E-state index < -0.39 is 23.8 Å². The number of carbonyl (C=O) groups is 4. The molecule has 0 fully saturated rings. The van der Waals surface area contributed by atoms with Crippen molar-refractivity contribution in [2.24, 2.45) is 0 Å². The Morgan fingerprint density at radius 1 is 0.818 bits per heavy atom. The lowest BCUT2D eigenvalue weighted by molar-refractivity contribution is -0.149. The van der Waals surface area contributed by atoms with Crippen molar-refractivity contribution in [3.63, 3.8) is 0 Å². The second-order valence-corrected chi connectivity index (χ2v) is 4.20. The average molecular weight is 308 g/mol. The normalized spacial score (nSPS) is 9.91. The van der Waals surface area contributed by atoms with Gasteiger partial charge in [-0.2, -0.15) is 0 Å². The molecule has 0 bridgehead atoms. The minimum Gasteiger partial charge on any atom is -0.474 e. The van der Waals surface area contributed by atoms with Crippen LogP contribution in [0.4, 0.5) is 11.4 Å². The fraction of sp³-hybridized carbons (Fsp3) is 0.286. The molecule has 0 spiro atoms. The summed E-state index contributed by atoms with van der Waals surface area (Å²) >= 11 is 0. The van der Waals surface area contributed by atoms with Gasteiger partial charge in [-0.25, -0.2) is 9.59 Å². The molecular formula is C14H16N2O6. The van der Waals surface area contributed by atoms with Crippen molar-refractivity contribution in [1.29, 1.82) is 0 Å². The standard InChI is InChI=1S/C14H16N2O6/c1-3-15(11(17)13(19)20)9-7-5-6-8-10(9)16(4-2)12(18)14(21)22/h5-8H,3-4H2,1-2H3,(H,19,20)(H,21,22). The molecule has 0 aliphatic rings. The van der Waals surface area contributed by atoms with Gasteiger partial charge in [0.05, 0.1) is 11.4 Å². The molecule has 0 aliphatic heterocycles. The number of rotatable bonds is 4. The summed E-state index contributed by atoms with van der Waals surface area (Å²) in [5.41, 5.74) is 0.322. The van der Waals surface area contributed by atoms with Crippen LogP contribution in [0.15, 0.2) is 24.3 Å². The zero-order valence-electron chi connectivity index (χ0n) is 12.1. The van der Waals surface area contributed by atoms with E-state index in [1.807, 2.05) is 0 Å². The number of likely N-dealkylation sites (N-methyl/N-ethyl adjacent to an activating group) is 2. The van der Waals surface area contributed by atoms with Gasteiger partial charge >= 0.3 is 23.8 Å². The summed E-state index contributed by atoms with van der Waals surface area (Å²) in [5, 5.41) is 17.7. The van der Waals surface area contributed by atoms with Gasteiger partial charge in [0.2, 0.25) is 0 Å². The van der Waals surface area contributed by atoms with Crippen LogP contribution < -0.4 is 9.80 Å². The molecule has 0 unspecified atom stereocenters. The molecule has 0 aromatic heterocycles. The largest absolute Gasteiger partial charge is 0.474 e. The number of para-hydroxylation sites is 2. The lowest BCUT2D eigenvalue weighted by Crippen LogP contribution is -2.40. The van der Waals surface area contributed by atoms with Crippen LogP contribution in [-0.4, -0.2) is 47.1 Å². The predicted molar refractivity (Wildman–Crippen MR) is 77.8 cm³/mol. The smallest absolute Gasteiger partial charge is 0.394 e. The average Bonchev–Trinajstić information content (AvgIpc) is 2.49. The summed E-state index contributed by atoms with van der Waals surface area (Å²) in [6.45, 7) is 3.27. The monoisotopic (exact) mass is 308 g/mol. The Morgan fingerprint density at radius 3 is 1.36 bits per heavy atom. The van der Waals surface area contributed by atoms with Gasteiger partial charge in [-0.1, -0.05) is 12.1 Å². The fourth-order valence-electron chi connectivity index (χ4n) is 2.00. The van der Waals surface area contributed by atoms with Gasteiger partial charge in [0.25, 0.3) is 0 Å². The Kier molecular flexibility index (Phi) is 5.62.